The van der Waals surface area contributed by atoms with Gasteiger partial charge in [-0.1, -0.05) is 42.5 Å². The molecule has 2 aromatic carbocycles. The molecule has 116 valence electrons. The second-order valence-electron chi connectivity index (χ2n) is 5.07. The average Bonchev–Trinajstić information content (AvgIpc) is 2.57. The van der Waals surface area contributed by atoms with Gasteiger partial charge in [-0.15, -0.1) is 0 Å². The minimum Gasteiger partial charge on any atom is -0.351 e. The molecule has 1 amide bonds. The van der Waals surface area contributed by atoms with Crippen molar-refractivity contribution in [2.75, 3.05) is 6.54 Å². The first-order valence-corrected chi connectivity index (χ1v) is 7.38. The SMILES string of the molecule is N#C/C(=C/c1cccc(F)c1)C(=O)NCCCc1ccccc1. The maximum absolute atomic E-state index is 13.1. The van der Waals surface area contributed by atoms with Gasteiger partial charge in [0.15, 0.2) is 0 Å². The third kappa shape index (κ3) is 5.40. The Labute approximate surface area is 135 Å². The summed E-state index contributed by atoms with van der Waals surface area (Å²) >= 11 is 0. The molecule has 3 nitrogen and oxygen atoms in total. The van der Waals surface area contributed by atoms with Crippen molar-refractivity contribution >= 4 is 12.0 Å². The Hall–Kier alpha value is -2.93. The molecule has 1 N–H and O–H groups in total. The fraction of sp³-hybridized carbons (Fsp3) is 0.158. The lowest BCUT2D eigenvalue weighted by Gasteiger charge is -2.05. The Morgan fingerprint density at radius 2 is 1.96 bits per heavy atom. The van der Waals surface area contributed by atoms with E-state index < -0.39 is 11.7 Å². The molecule has 2 aromatic rings. The van der Waals surface area contributed by atoms with Crippen molar-refractivity contribution in [3.63, 3.8) is 0 Å². The number of benzene rings is 2. The van der Waals surface area contributed by atoms with E-state index in [1.807, 2.05) is 36.4 Å². The summed E-state index contributed by atoms with van der Waals surface area (Å²) in [5.41, 5.74) is 1.66. The van der Waals surface area contributed by atoms with Gasteiger partial charge in [0.25, 0.3) is 5.91 Å². The van der Waals surface area contributed by atoms with E-state index in [1.54, 1.807) is 6.07 Å². The number of nitrogens with one attached hydrogen (secondary N) is 1. The average molecular weight is 308 g/mol. The van der Waals surface area contributed by atoms with Gasteiger partial charge < -0.3 is 5.32 Å². The normalized spacial score (nSPS) is 10.9. The maximum atomic E-state index is 13.1. The van der Waals surface area contributed by atoms with Gasteiger partial charge in [-0.2, -0.15) is 5.26 Å². The Balaban J connectivity index is 1.87. The molecule has 0 aliphatic heterocycles. The Morgan fingerprint density at radius 3 is 2.65 bits per heavy atom. The molecular weight excluding hydrogens is 291 g/mol. The summed E-state index contributed by atoms with van der Waals surface area (Å²) < 4.78 is 13.1. The van der Waals surface area contributed by atoms with Crippen molar-refractivity contribution < 1.29 is 9.18 Å². The number of aryl methyl sites for hydroxylation is 1. The maximum Gasteiger partial charge on any atom is 0.261 e. The molecule has 2 rings (SSSR count). The van der Waals surface area contributed by atoms with Gasteiger partial charge in [0, 0.05) is 6.54 Å². The molecule has 0 saturated heterocycles. The smallest absolute Gasteiger partial charge is 0.261 e. The van der Waals surface area contributed by atoms with Crippen LogP contribution in [0, 0.1) is 17.1 Å². The van der Waals surface area contributed by atoms with Crippen LogP contribution in [-0.4, -0.2) is 12.5 Å². The van der Waals surface area contributed by atoms with E-state index in [0.29, 0.717) is 12.1 Å². The summed E-state index contributed by atoms with van der Waals surface area (Å²) in [4.78, 5) is 12.0. The van der Waals surface area contributed by atoms with Crippen LogP contribution in [0.4, 0.5) is 4.39 Å². The predicted octanol–water partition coefficient (Wildman–Crippen LogP) is 3.48. The van der Waals surface area contributed by atoms with E-state index >= 15 is 0 Å². The summed E-state index contributed by atoms with van der Waals surface area (Å²) in [5, 5.41) is 11.8. The first kappa shape index (κ1) is 16.4. The Bertz CT molecular complexity index is 733. The van der Waals surface area contributed by atoms with Crippen LogP contribution in [0.2, 0.25) is 0 Å². The lowest BCUT2D eigenvalue weighted by atomic mass is 10.1. The minimum absolute atomic E-state index is 0.0321. The second kappa shape index (κ2) is 8.50. The highest BCUT2D eigenvalue weighted by Gasteiger charge is 2.08. The lowest BCUT2D eigenvalue weighted by molar-refractivity contribution is -0.117. The fourth-order valence-electron chi connectivity index (χ4n) is 2.15. The molecule has 0 aromatic heterocycles. The van der Waals surface area contributed by atoms with E-state index in [4.69, 9.17) is 5.26 Å². The molecule has 0 heterocycles. The van der Waals surface area contributed by atoms with Gasteiger partial charge in [0.2, 0.25) is 0 Å². The Morgan fingerprint density at radius 1 is 1.17 bits per heavy atom. The van der Waals surface area contributed by atoms with Gasteiger partial charge in [-0.25, -0.2) is 4.39 Å². The molecule has 0 unspecified atom stereocenters. The number of amides is 1. The number of nitriles is 1. The predicted molar refractivity (Wildman–Crippen MR) is 87.8 cm³/mol. The summed E-state index contributed by atoms with van der Waals surface area (Å²) in [6.45, 7) is 0.482. The molecular formula is C19H17FN2O. The van der Waals surface area contributed by atoms with Crippen molar-refractivity contribution in [2.45, 2.75) is 12.8 Å². The molecule has 0 atom stereocenters. The molecule has 0 fully saturated rings. The molecule has 0 saturated carbocycles. The topological polar surface area (TPSA) is 52.9 Å². The number of carbonyl (C=O) groups is 1. The zero-order chi connectivity index (χ0) is 16.5. The molecule has 0 spiro atoms. The van der Waals surface area contributed by atoms with E-state index in [-0.39, 0.29) is 5.57 Å². The van der Waals surface area contributed by atoms with Crippen LogP contribution in [0.3, 0.4) is 0 Å². The molecule has 4 heteroatoms. The standard InChI is InChI=1S/C19H17FN2O/c20-18-10-4-8-16(13-18)12-17(14-21)19(23)22-11-5-9-15-6-2-1-3-7-15/h1-4,6-8,10,12-13H,5,9,11H2,(H,22,23)/b17-12-. The summed E-state index contributed by atoms with van der Waals surface area (Å²) in [6, 6.07) is 17.6. The zero-order valence-corrected chi connectivity index (χ0v) is 12.6. The number of hydrogen-bond donors (Lipinski definition) is 1. The highest BCUT2D eigenvalue weighted by molar-refractivity contribution is 6.01. The Kier molecular flexibility index (Phi) is 6.07. The van der Waals surface area contributed by atoms with Crippen molar-refractivity contribution in [3.05, 3.63) is 77.1 Å². The molecule has 0 aliphatic carbocycles. The third-order valence-corrected chi connectivity index (χ3v) is 3.30. The quantitative estimate of drug-likeness (QED) is 0.504. The monoisotopic (exact) mass is 308 g/mol. The van der Waals surface area contributed by atoms with Crippen molar-refractivity contribution in [2.24, 2.45) is 0 Å². The molecule has 0 aliphatic rings. The van der Waals surface area contributed by atoms with E-state index in [2.05, 4.69) is 5.32 Å². The van der Waals surface area contributed by atoms with Crippen LogP contribution in [-0.2, 0) is 11.2 Å². The third-order valence-electron chi connectivity index (χ3n) is 3.30. The second-order valence-corrected chi connectivity index (χ2v) is 5.07. The lowest BCUT2D eigenvalue weighted by Crippen LogP contribution is -2.25. The van der Waals surface area contributed by atoms with Crippen LogP contribution in [0.25, 0.3) is 6.08 Å². The first-order chi connectivity index (χ1) is 11.2. The van der Waals surface area contributed by atoms with Gasteiger partial charge in [-0.05, 0) is 42.2 Å². The minimum atomic E-state index is -0.440. The molecule has 0 bridgehead atoms. The molecule has 0 radical (unpaired) electrons. The van der Waals surface area contributed by atoms with Crippen LogP contribution in [0.5, 0.6) is 0 Å². The number of rotatable bonds is 6. The van der Waals surface area contributed by atoms with Crippen LogP contribution >= 0.6 is 0 Å². The highest BCUT2D eigenvalue weighted by atomic mass is 19.1. The van der Waals surface area contributed by atoms with Crippen LogP contribution < -0.4 is 5.32 Å². The van der Waals surface area contributed by atoms with E-state index in [1.165, 1.54) is 29.8 Å². The molecule has 23 heavy (non-hydrogen) atoms. The highest BCUT2D eigenvalue weighted by Crippen LogP contribution is 2.09. The largest absolute Gasteiger partial charge is 0.351 e. The van der Waals surface area contributed by atoms with Crippen molar-refractivity contribution in [1.29, 1.82) is 5.26 Å². The number of hydrogen-bond acceptors (Lipinski definition) is 2. The summed E-state index contributed by atoms with van der Waals surface area (Å²) in [5.74, 6) is -0.843. The van der Waals surface area contributed by atoms with Gasteiger partial charge in [-0.3, -0.25) is 4.79 Å². The van der Waals surface area contributed by atoms with Crippen LogP contribution in [0.15, 0.2) is 60.2 Å². The van der Waals surface area contributed by atoms with Crippen LogP contribution in [0.1, 0.15) is 17.5 Å². The van der Waals surface area contributed by atoms with Gasteiger partial charge in [0.1, 0.15) is 17.5 Å². The van der Waals surface area contributed by atoms with Crippen molar-refractivity contribution in [1.82, 2.24) is 5.32 Å². The van der Waals surface area contributed by atoms with Gasteiger partial charge >= 0.3 is 0 Å². The van der Waals surface area contributed by atoms with E-state index in [9.17, 15) is 9.18 Å². The number of nitrogens with zero attached hydrogens (tertiary/aromatic N) is 1. The number of halogens is 1. The number of carbonyl (C=O) groups excluding carboxylic acids is 1. The first-order valence-electron chi connectivity index (χ1n) is 7.38. The van der Waals surface area contributed by atoms with E-state index in [0.717, 1.165) is 12.8 Å². The van der Waals surface area contributed by atoms with Gasteiger partial charge in [0.05, 0.1) is 0 Å². The summed E-state index contributed by atoms with van der Waals surface area (Å²) in [6.07, 6.45) is 3.03. The fourth-order valence-corrected chi connectivity index (χ4v) is 2.15. The zero-order valence-electron chi connectivity index (χ0n) is 12.6. The summed E-state index contributed by atoms with van der Waals surface area (Å²) in [7, 11) is 0. The van der Waals surface area contributed by atoms with Crippen molar-refractivity contribution in [3.8, 4) is 6.07 Å².